The molecule has 35 heavy (non-hydrogen) atoms. The Kier molecular flexibility index (Phi) is 7.63. The van der Waals surface area contributed by atoms with Crippen LogP contribution in [-0.2, 0) is 20.9 Å². The Hall–Kier alpha value is -3.90. The third-order valence-corrected chi connectivity index (χ3v) is 6.02. The Morgan fingerprint density at radius 1 is 0.971 bits per heavy atom. The molecule has 6 nitrogen and oxygen atoms in total. The fraction of sp³-hybridized carbons (Fsp3) is 0.241. The molecular formula is C29H29NO5. The molecule has 1 aliphatic heterocycles. The molecule has 1 amide bonds. The van der Waals surface area contributed by atoms with Crippen LogP contribution in [0.25, 0.3) is 5.76 Å². The summed E-state index contributed by atoms with van der Waals surface area (Å²) in [5.41, 5.74) is 3.53. The van der Waals surface area contributed by atoms with E-state index in [1.165, 1.54) is 4.90 Å². The Labute approximate surface area is 205 Å². The molecule has 0 bridgehead atoms. The molecule has 1 aliphatic rings. The predicted molar refractivity (Wildman–Crippen MR) is 134 cm³/mol. The zero-order valence-electron chi connectivity index (χ0n) is 19.9. The van der Waals surface area contributed by atoms with Crippen molar-refractivity contribution in [3.05, 3.63) is 107 Å². The second-order valence-corrected chi connectivity index (χ2v) is 8.55. The Morgan fingerprint density at radius 2 is 1.71 bits per heavy atom. The Bertz CT molecular complexity index is 1220. The number of ether oxygens (including phenoxy) is 2. The van der Waals surface area contributed by atoms with E-state index < -0.39 is 17.7 Å². The fourth-order valence-electron chi connectivity index (χ4n) is 4.30. The minimum Gasteiger partial charge on any atom is -0.507 e. The summed E-state index contributed by atoms with van der Waals surface area (Å²) in [5.74, 6) is -0.859. The van der Waals surface area contributed by atoms with E-state index in [1.54, 1.807) is 31.4 Å². The van der Waals surface area contributed by atoms with Gasteiger partial charge in [0.2, 0.25) is 0 Å². The molecule has 1 N–H and O–H groups in total. The van der Waals surface area contributed by atoms with Crippen molar-refractivity contribution in [3.8, 4) is 5.75 Å². The number of ketones is 1. The first-order valence-corrected chi connectivity index (χ1v) is 11.6. The summed E-state index contributed by atoms with van der Waals surface area (Å²) >= 11 is 0. The van der Waals surface area contributed by atoms with Crippen molar-refractivity contribution in [1.82, 2.24) is 4.90 Å². The van der Waals surface area contributed by atoms with Crippen molar-refractivity contribution in [2.45, 2.75) is 26.0 Å². The number of carbonyl (C=O) groups is 2. The van der Waals surface area contributed by atoms with Gasteiger partial charge < -0.3 is 19.5 Å². The van der Waals surface area contributed by atoms with Gasteiger partial charge in [-0.3, -0.25) is 9.59 Å². The molecule has 1 saturated heterocycles. The summed E-state index contributed by atoms with van der Waals surface area (Å²) in [6.45, 7) is 3.27. The summed E-state index contributed by atoms with van der Waals surface area (Å²) in [5, 5.41) is 11.2. The average Bonchev–Trinajstić information content (AvgIpc) is 3.13. The first-order valence-electron chi connectivity index (χ1n) is 11.6. The van der Waals surface area contributed by atoms with E-state index in [4.69, 9.17) is 9.47 Å². The summed E-state index contributed by atoms with van der Waals surface area (Å²) in [7, 11) is 1.59. The SMILES string of the molecule is COCCCN1C(=O)C(=O)/C(=C(/O)c2ccc(OCc3cccc(C)c3)cc2)[C@@H]1c1ccccc1. The van der Waals surface area contributed by atoms with Crippen LogP contribution in [0.2, 0.25) is 0 Å². The van der Waals surface area contributed by atoms with Crippen LogP contribution in [0.4, 0.5) is 0 Å². The van der Waals surface area contributed by atoms with Gasteiger partial charge in [0.1, 0.15) is 18.1 Å². The zero-order chi connectivity index (χ0) is 24.8. The van der Waals surface area contributed by atoms with Crippen LogP contribution < -0.4 is 4.74 Å². The first kappa shape index (κ1) is 24.2. The van der Waals surface area contributed by atoms with E-state index in [1.807, 2.05) is 55.5 Å². The molecule has 3 aromatic carbocycles. The predicted octanol–water partition coefficient (Wildman–Crippen LogP) is 5.03. The van der Waals surface area contributed by atoms with Gasteiger partial charge in [0.25, 0.3) is 11.7 Å². The van der Waals surface area contributed by atoms with Crippen LogP contribution in [0, 0.1) is 6.92 Å². The molecule has 0 aliphatic carbocycles. The summed E-state index contributed by atoms with van der Waals surface area (Å²) < 4.78 is 11.0. The number of likely N-dealkylation sites (tertiary alicyclic amines) is 1. The van der Waals surface area contributed by atoms with Crippen molar-refractivity contribution in [1.29, 1.82) is 0 Å². The zero-order valence-corrected chi connectivity index (χ0v) is 19.9. The molecular weight excluding hydrogens is 442 g/mol. The molecule has 1 heterocycles. The molecule has 4 rings (SSSR count). The smallest absolute Gasteiger partial charge is 0.295 e. The van der Waals surface area contributed by atoms with Gasteiger partial charge in [-0.1, -0.05) is 60.2 Å². The Morgan fingerprint density at radius 3 is 2.40 bits per heavy atom. The second kappa shape index (κ2) is 11.0. The second-order valence-electron chi connectivity index (χ2n) is 8.55. The number of rotatable bonds is 9. The van der Waals surface area contributed by atoms with Crippen molar-refractivity contribution in [2.75, 3.05) is 20.3 Å². The lowest BCUT2D eigenvalue weighted by atomic mass is 9.95. The average molecular weight is 472 g/mol. The largest absolute Gasteiger partial charge is 0.507 e. The summed E-state index contributed by atoms with van der Waals surface area (Å²) in [4.78, 5) is 27.4. The van der Waals surface area contributed by atoms with Gasteiger partial charge in [-0.2, -0.15) is 0 Å². The molecule has 1 fully saturated rings. The van der Waals surface area contributed by atoms with Gasteiger partial charge in [-0.15, -0.1) is 0 Å². The number of hydrogen-bond donors (Lipinski definition) is 1. The van der Waals surface area contributed by atoms with Crippen molar-refractivity contribution < 1.29 is 24.2 Å². The van der Waals surface area contributed by atoms with E-state index in [-0.39, 0.29) is 11.3 Å². The summed E-state index contributed by atoms with van der Waals surface area (Å²) in [6.07, 6.45) is 0.583. The number of methoxy groups -OCH3 is 1. The number of amides is 1. The van der Waals surface area contributed by atoms with Crippen LogP contribution >= 0.6 is 0 Å². The van der Waals surface area contributed by atoms with Crippen LogP contribution in [-0.4, -0.2) is 42.0 Å². The highest BCUT2D eigenvalue weighted by atomic mass is 16.5. The highest BCUT2D eigenvalue weighted by Crippen LogP contribution is 2.39. The maximum atomic E-state index is 13.0. The fourth-order valence-corrected chi connectivity index (χ4v) is 4.30. The molecule has 0 radical (unpaired) electrons. The summed E-state index contributed by atoms with van der Waals surface area (Å²) in [6, 6.07) is 23.6. The van der Waals surface area contributed by atoms with Crippen LogP contribution in [0.5, 0.6) is 5.75 Å². The van der Waals surface area contributed by atoms with Crippen LogP contribution in [0.1, 0.15) is 34.7 Å². The van der Waals surface area contributed by atoms with Crippen molar-refractivity contribution in [3.63, 3.8) is 0 Å². The number of hydrogen-bond acceptors (Lipinski definition) is 5. The van der Waals surface area contributed by atoms with E-state index in [9.17, 15) is 14.7 Å². The van der Waals surface area contributed by atoms with E-state index in [2.05, 4.69) is 6.07 Å². The number of aliphatic hydroxyl groups excluding tert-OH is 1. The van der Waals surface area contributed by atoms with E-state index >= 15 is 0 Å². The quantitative estimate of drug-likeness (QED) is 0.205. The molecule has 0 aromatic heterocycles. The number of Topliss-reactive ketones (excluding diaryl/α,β-unsaturated/α-hetero) is 1. The third-order valence-electron chi connectivity index (χ3n) is 6.02. The van der Waals surface area contributed by atoms with Crippen LogP contribution in [0.3, 0.4) is 0 Å². The van der Waals surface area contributed by atoms with Gasteiger partial charge >= 0.3 is 0 Å². The van der Waals surface area contributed by atoms with Gasteiger partial charge in [0, 0.05) is 25.8 Å². The third kappa shape index (κ3) is 5.44. The lowest BCUT2D eigenvalue weighted by molar-refractivity contribution is -0.140. The highest BCUT2D eigenvalue weighted by molar-refractivity contribution is 6.46. The molecule has 180 valence electrons. The van der Waals surface area contributed by atoms with E-state index in [0.29, 0.717) is 37.5 Å². The first-order chi connectivity index (χ1) is 17.0. The molecule has 0 unspecified atom stereocenters. The van der Waals surface area contributed by atoms with Crippen LogP contribution in [0.15, 0.2) is 84.4 Å². The number of nitrogens with zero attached hydrogens (tertiary/aromatic N) is 1. The normalized spacial score (nSPS) is 17.1. The minimum absolute atomic E-state index is 0.0899. The van der Waals surface area contributed by atoms with Gasteiger partial charge in [0.05, 0.1) is 11.6 Å². The highest BCUT2D eigenvalue weighted by Gasteiger charge is 2.45. The maximum absolute atomic E-state index is 13.0. The van der Waals surface area contributed by atoms with Crippen molar-refractivity contribution >= 4 is 17.4 Å². The van der Waals surface area contributed by atoms with Gasteiger partial charge in [0.15, 0.2) is 0 Å². The molecule has 0 spiro atoms. The molecule has 1 atom stereocenters. The minimum atomic E-state index is -0.687. The standard InChI is InChI=1S/C29H29NO5/c1-20-8-6-9-21(18-20)19-35-24-14-12-23(13-15-24)27(31)25-26(22-10-4-3-5-11-22)30(16-7-17-34-2)29(33)28(25)32/h3-6,8-15,18,26,31H,7,16-17,19H2,1-2H3/b27-25+/t26-/m0/s1. The van der Waals surface area contributed by atoms with Crippen molar-refractivity contribution in [2.24, 2.45) is 0 Å². The van der Waals surface area contributed by atoms with Gasteiger partial charge in [-0.05, 0) is 48.7 Å². The maximum Gasteiger partial charge on any atom is 0.295 e. The molecule has 6 heteroatoms. The number of benzene rings is 3. The topological polar surface area (TPSA) is 76.1 Å². The monoisotopic (exact) mass is 471 g/mol. The van der Waals surface area contributed by atoms with Gasteiger partial charge in [-0.25, -0.2) is 0 Å². The molecule has 0 saturated carbocycles. The van der Waals surface area contributed by atoms with E-state index in [0.717, 1.165) is 16.7 Å². The number of aryl methyl sites for hydroxylation is 1. The number of aliphatic hydroxyl groups is 1. The number of carbonyl (C=O) groups excluding carboxylic acids is 2. The molecule has 3 aromatic rings. The lowest BCUT2D eigenvalue weighted by Gasteiger charge is -2.25. The Balaban J connectivity index is 1.61. The lowest BCUT2D eigenvalue weighted by Crippen LogP contribution is -2.31.